The molecular weight excluding hydrogens is 288 g/mol. The SMILES string of the molecule is NCCc1cccc(Cl)c1N(Cc1ccsc1)C1CC1. The van der Waals surface area contributed by atoms with Crippen LogP contribution in [0.5, 0.6) is 0 Å². The molecule has 1 aliphatic carbocycles. The van der Waals surface area contributed by atoms with Crippen molar-refractivity contribution in [1.82, 2.24) is 0 Å². The average molecular weight is 307 g/mol. The summed E-state index contributed by atoms with van der Waals surface area (Å²) in [5.74, 6) is 0. The molecule has 2 N–H and O–H groups in total. The fourth-order valence-corrected chi connectivity index (χ4v) is 3.56. The van der Waals surface area contributed by atoms with Crippen molar-refractivity contribution in [3.8, 4) is 0 Å². The second-order valence-corrected chi connectivity index (χ2v) is 6.46. The van der Waals surface area contributed by atoms with Gasteiger partial charge in [-0.1, -0.05) is 23.7 Å². The lowest BCUT2D eigenvalue weighted by Gasteiger charge is -2.28. The minimum absolute atomic E-state index is 0.631. The quantitative estimate of drug-likeness (QED) is 0.871. The minimum Gasteiger partial charge on any atom is -0.363 e. The Hall–Kier alpha value is -1.03. The summed E-state index contributed by atoms with van der Waals surface area (Å²) < 4.78 is 0. The molecule has 0 atom stereocenters. The van der Waals surface area contributed by atoms with E-state index in [9.17, 15) is 0 Å². The van der Waals surface area contributed by atoms with Crippen molar-refractivity contribution in [1.29, 1.82) is 0 Å². The summed E-state index contributed by atoms with van der Waals surface area (Å²) in [4.78, 5) is 2.47. The zero-order chi connectivity index (χ0) is 13.9. The van der Waals surface area contributed by atoms with Crippen molar-refractivity contribution in [2.24, 2.45) is 5.73 Å². The monoisotopic (exact) mass is 306 g/mol. The molecule has 0 radical (unpaired) electrons. The summed E-state index contributed by atoms with van der Waals surface area (Å²) in [5.41, 5.74) is 9.56. The van der Waals surface area contributed by atoms with Gasteiger partial charge in [-0.3, -0.25) is 0 Å². The molecular formula is C16H19ClN2S. The third-order valence-electron chi connectivity index (χ3n) is 3.69. The van der Waals surface area contributed by atoms with Crippen LogP contribution >= 0.6 is 22.9 Å². The first-order valence-electron chi connectivity index (χ1n) is 7.04. The smallest absolute Gasteiger partial charge is 0.0642 e. The Morgan fingerprint density at radius 2 is 2.15 bits per heavy atom. The number of thiophene rings is 1. The highest BCUT2D eigenvalue weighted by Gasteiger charge is 2.31. The van der Waals surface area contributed by atoms with Crippen LogP contribution in [0, 0.1) is 0 Å². The normalized spacial score (nSPS) is 14.5. The summed E-state index contributed by atoms with van der Waals surface area (Å²) in [5, 5.41) is 5.20. The van der Waals surface area contributed by atoms with Crippen LogP contribution < -0.4 is 10.6 Å². The predicted molar refractivity (Wildman–Crippen MR) is 87.7 cm³/mol. The maximum absolute atomic E-state index is 6.49. The molecule has 0 amide bonds. The largest absolute Gasteiger partial charge is 0.363 e. The molecule has 1 heterocycles. The number of rotatable bonds is 6. The highest BCUT2D eigenvalue weighted by molar-refractivity contribution is 7.07. The topological polar surface area (TPSA) is 29.3 Å². The zero-order valence-corrected chi connectivity index (χ0v) is 13.0. The van der Waals surface area contributed by atoms with Crippen molar-refractivity contribution in [2.45, 2.75) is 31.8 Å². The maximum atomic E-state index is 6.49. The summed E-state index contributed by atoms with van der Waals surface area (Å²) >= 11 is 8.24. The van der Waals surface area contributed by atoms with Gasteiger partial charge in [0.15, 0.2) is 0 Å². The number of anilines is 1. The molecule has 20 heavy (non-hydrogen) atoms. The summed E-state index contributed by atoms with van der Waals surface area (Å²) in [6, 6.07) is 8.98. The van der Waals surface area contributed by atoms with E-state index >= 15 is 0 Å². The van der Waals surface area contributed by atoms with Crippen LogP contribution in [0.4, 0.5) is 5.69 Å². The summed E-state index contributed by atoms with van der Waals surface area (Å²) in [6.45, 7) is 1.60. The molecule has 1 aromatic heterocycles. The third kappa shape index (κ3) is 3.00. The fraction of sp³-hybridized carbons (Fsp3) is 0.375. The third-order valence-corrected chi connectivity index (χ3v) is 4.73. The molecule has 106 valence electrons. The second-order valence-electron chi connectivity index (χ2n) is 5.28. The van der Waals surface area contributed by atoms with Crippen molar-refractivity contribution < 1.29 is 0 Å². The van der Waals surface area contributed by atoms with Crippen LogP contribution in [0.15, 0.2) is 35.0 Å². The van der Waals surface area contributed by atoms with E-state index in [1.165, 1.54) is 29.7 Å². The molecule has 1 fully saturated rings. The number of para-hydroxylation sites is 1. The van der Waals surface area contributed by atoms with Crippen LogP contribution in [0.3, 0.4) is 0 Å². The Labute approximate surface area is 129 Å². The molecule has 4 heteroatoms. The fourth-order valence-electron chi connectivity index (χ4n) is 2.60. The van der Waals surface area contributed by atoms with E-state index in [-0.39, 0.29) is 0 Å². The number of benzene rings is 1. The van der Waals surface area contributed by atoms with Gasteiger partial charge in [-0.15, -0.1) is 0 Å². The zero-order valence-electron chi connectivity index (χ0n) is 11.4. The molecule has 1 saturated carbocycles. The van der Waals surface area contributed by atoms with Gasteiger partial charge in [0.2, 0.25) is 0 Å². The number of hydrogen-bond donors (Lipinski definition) is 1. The Morgan fingerprint density at radius 1 is 1.30 bits per heavy atom. The Bertz CT molecular complexity index is 564. The molecule has 0 saturated heterocycles. The van der Waals surface area contributed by atoms with Gasteiger partial charge >= 0.3 is 0 Å². The highest BCUT2D eigenvalue weighted by Crippen LogP contribution is 2.39. The standard InChI is InChI=1S/C16H19ClN2S/c17-15-3-1-2-13(6-8-18)16(15)19(14-4-5-14)10-12-7-9-20-11-12/h1-3,7,9,11,14H,4-6,8,10,18H2. The Balaban J connectivity index is 1.94. The predicted octanol–water partition coefficient (Wildman–Crippen LogP) is 4.07. The minimum atomic E-state index is 0.631. The van der Waals surface area contributed by atoms with Crippen molar-refractivity contribution in [3.63, 3.8) is 0 Å². The van der Waals surface area contributed by atoms with Crippen molar-refractivity contribution in [3.05, 3.63) is 51.2 Å². The van der Waals surface area contributed by atoms with Gasteiger partial charge in [-0.25, -0.2) is 0 Å². The van der Waals surface area contributed by atoms with E-state index in [1.54, 1.807) is 11.3 Å². The van der Waals surface area contributed by atoms with Crippen LogP contribution in [0.1, 0.15) is 24.0 Å². The van der Waals surface area contributed by atoms with Gasteiger partial charge in [0.05, 0.1) is 10.7 Å². The van der Waals surface area contributed by atoms with Gasteiger partial charge in [-0.05, 0) is 59.8 Å². The van der Waals surface area contributed by atoms with E-state index in [2.05, 4.69) is 27.8 Å². The number of halogens is 1. The van der Waals surface area contributed by atoms with Crippen LogP contribution in [0.2, 0.25) is 5.02 Å². The number of hydrogen-bond acceptors (Lipinski definition) is 3. The van der Waals surface area contributed by atoms with Crippen LogP contribution in [-0.2, 0) is 13.0 Å². The van der Waals surface area contributed by atoms with Crippen LogP contribution in [0.25, 0.3) is 0 Å². The first kappa shape index (κ1) is 13.9. The van der Waals surface area contributed by atoms with Gasteiger partial charge in [-0.2, -0.15) is 11.3 Å². The van der Waals surface area contributed by atoms with Gasteiger partial charge in [0.25, 0.3) is 0 Å². The first-order valence-corrected chi connectivity index (χ1v) is 8.37. The lowest BCUT2D eigenvalue weighted by Crippen LogP contribution is -2.26. The molecule has 2 nitrogen and oxygen atoms in total. The van der Waals surface area contributed by atoms with E-state index in [0.29, 0.717) is 12.6 Å². The second kappa shape index (κ2) is 6.17. The first-order chi connectivity index (χ1) is 9.79. The lowest BCUT2D eigenvalue weighted by molar-refractivity contribution is 0.786. The molecule has 0 aliphatic heterocycles. The Morgan fingerprint density at radius 3 is 2.80 bits per heavy atom. The number of nitrogens with two attached hydrogens (primary N) is 1. The van der Waals surface area contributed by atoms with Gasteiger partial charge in [0.1, 0.15) is 0 Å². The van der Waals surface area contributed by atoms with Crippen molar-refractivity contribution >= 4 is 28.6 Å². The summed E-state index contributed by atoms with van der Waals surface area (Å²) in [6.07, 6.45) is 3.40. The van der Waals surface area contributed by atoms with Gasteiger partial charge < -0.3 is 10.6 Å². The van der Waals surface area contributed by atoms with Gasteiger partial charge in [0, 0.05) is 12.6 Å². The maximum Gasteiger partial charge on any atom is 0.0642 e. The lowest BCUT2D eigenvalue weighted by atomic mass is 10.1. The average Bonchev–Trinajstić information content (AvgIpc) is 3.15. The van der Waals surface area contributed by atoms with E-state index in [1.807, 2.05) is 12.1 Å². The van der Waals surface area contributed by atoms with Crippen LogP contribution in [-0.4, -0.2) is 12.6 Å². The van der Waals surface area contributed by atoms with Crippen molar-refractivity contribution in [2.75, 3.05) is 11.4 Å². The van der Waals surface area contributed by atoms with E-state index in [0.717, 1.165) is 18.0 Å². The number of nitrogens with zero attached hydrogens (tertiary/aromatic N) is 1. The molecule has 0 spiro atoms. The van der Waals surface area contributed by atoms with E-state index < -0.39 is 0 Å². The molecule has 0 unspecified atom stereocenters. The van der Waals surface area contributed by atoms with E-state index in [4.69, 9.17) is 17.3 Å². The molecule has 0 bridgehead atoms. The Kier molecular flexibility index (Phi) is 4.29. The molecule has 1 aliphatic rings. The summed E-state index contributed by atoms with van der Waals surface area (Å²) in [7, 11) is 0. The molecule has 3 rings (SSSR count). The molecule has 2 aromatic rings. The highest BCUT2D eigenvalue weighted by atomic mass is 35.5. The molecule has 1 aromatic carbocycles.